The number of hydrogen-bond donors (Lipinski definition) is 1. The molecule has 5 rings (SSSR count). The van der Waals surface area contributed by atoms with Crippen molar-refractivity contribution in [2.75, 3.05) is 37.5 Å². The normalized spacial score (nSPS) is 10.9. The Balaban J connectivity index is 1.77. The van der Waals surface area contributed by atoms with E-state index in [0.29, 0.717) is 11.0 Å². The molecule has 0 unspecified atom stereocenters. The van der Waals surface area contributed by atoms with Gasteiger partial charge in [0.2, 0.25) is 5.95 Å². The van der Waals surface area contributed by atoms with Crippen molar-refractivity contribution in [2.45, 2.75) is 13.8 Å². The quantitative estimate of drug-likeness (QED) is 0.204. The second-order valence-corrected chi connectivity index (χ2v) is 9.49. The second-order valence-electron chi connectivity index (χ2n) is 9.06. The summed E-state index contributed by atoms with van der Waals surface area (Å²) in [6.07, 6.45) is 0. The second kappa shape index (κ2) is 11.6. The van der Waals surface area contributed by atoms with Crippen molar-refractivity contribution < 1.29 is 9.47 Å². The third-order valence-corrected chi connectivity index (χ3v) is 6.98. The predicted octanol–water partition coefficient (Wildman–Crippen LogP) is 8.22. The standard InChI is InChI=1S/C32H31ClN4O2/c1-5-37(6-2)31-29-19-23(21-10-14-26(38-3)15-11-21)18-28(22-12-16-27(39-4)17-13-22)30(29)35-32(36-31)34-25-9-7-8-24(33)20-25/h7-20H,5-6H2,1-4H3,(H,34,35,36). The van der Waals surface area contributed by atoms with Crippen LogP contribution in [0.5, 0.6) is 11.5 Å². The number of halogens is 1. The smallest absolute Gasteiger partial charge is 0.229 e. The Bertz CT molecular complexity index is 1580. The minimum absolute atomic E-state index is 0.513. The summed E-state index contributed by atoms with van der Waals surface area (Å²) in [7, 11) is 3.35. The molecule has 0 aliphatic heterocycles. The fourth-order valence-electron chi connectivity index (χ4n) is 4.67. The largest absolute Gasteiger partial charge is 0.497 e. The molecule has 39 heavy (non-hydrogen) atoms. The highest BCUT2D eigenvalue weighted by Crippen LogP contribution is 2.38. The fourth-order valence-corrected chi connectivity index (χ4v) is 4.86. The molecule has 5 aromatic rings. The summed E-state index contributed by atoms with van der Waals surface area (Å²) in [5.74, 6) is 3.01. The van der Waals surface area contributed by atoms with Crippen molar-refractivity contribution in [3.8, 4) is 33.8 Å². The van der Waals surface area contributed by atoms with Gasteiger partial charge in [-0.1, -0.05) is 41.9 Å². The van der Waals surface area contributed by atoms with Crippen LogP contribution in [0.3, 0.4) is 0 Å². The number of rotatable bonds is 9. The summed E-state index contributed by atoms with van der Waals surface area (Å²) < 4.78 is 10.8. The van der Waals surface area contributed by atoms with Crippen molar-refractivity contribution in [1.82, 2.24) is 9.97 Å². The summed E-state index contributed by atoms with van der Waals surface area (Å²) in [4.78, 5) is 12.3. The molecule has 0 amide bonds. The molecular formula is C32H31ClN4O2. The average molecular weight is 539 g/mol. The van der Waals surface area contributed by atoms with Gasteiger partial charge >= 0.3 is 0 Å². The van der Waals surface area contributed by atoms with Gasteiger partial charge in [0.1, 0.15) is 17.3 Å². The Kier molecular flexibility index (Phi) is 7.84. The van der Waals surface area contributed by atoms with E-state index in [9.17, 15) is 0 Å². The minimum atomic E-state index is 0.513. The summed E-state index contributed by atoms with van der Waals surface area (Å²) in [6, 6.07) is 28.1. The minimum Gasteiger partial charge on any atom is -0.497 e. The van der Waals surface area contributed by atoms with Crippen LogP contribution in [0.25, 0.3) is 33.2 Å². The van der Waals surface area contributed by atoms with Crippen molar-refractivity contribution in [3.63, 3.8) is 0 Å². The summed E-state index contributed by atoms with van der Waals surface area (Å²) in [5, 5.41) is 5.00. The van der Waals surface area contributed by atoms with E-state index in [1.165, 1.54) is 0 Å². The average Bonchev–Trinajstić information content (AvgIpc) is 2.97. The highest BCUT2D eigenvalue weighted by molar-refractivity contribution is 6.30. The van der Waals surface area contributed by atoms with E-state index < -0.39 is 0 Å². The van der Waals surface area contributed by atoms with Crippen LogP contribution in [0.4, 0.5) is 17.5 Å². The van der Waals surface area contributed by atoms with Crippen LogP contribution in [0.2, 0.25) is 5.02 Å². The molecule has 0 bridgehead atoms. The Morgan fingerprint density at radius 1 is 0.744 bits per heavy atom. The van der Waals surface area contributed by atoms with E-state index in [1.807, 2.05) is 48.5 Å². The van der Waals surface area contributed by atoms with Gasteiger partial charge in [-0.25, -0.2) is 4.98 Å². The Labute approximate surface area is 234 Å². The van der Waals surface area contributed by atoms with E-state index in [4.69, 9.17) is 31.0 Å². The molecule has 0 aliphatic rings. The van der Waals surface area contributed by atoms with Gasteiger partial charge in [-0.3, -0.25) is 0 Å². The molecule has 1 heterocycles. The molecular weight excluding hydrogens is 508 g/mol. The van der Waals surface area contributed by atoms with Crippen LogP contribution in [0.1, 0.15) is 13.8 Å². The van der Waals surface area contributed by atoms with E-state index in [1.54, 1.807) is 14.2 Å². The lowest BCUT2D eigenvalue weighted by Crippen LogP contribution is -2.24. The highest BCUT2D eigenvalue weighted by Gasteiger charge is 2.18. The number of hydrogen-bond acceptors (Lipinski definition) is 6. The number of benzene rings is 4. The lowest BCUT2D eigenvalue weighted by Gasteiger charge is -2.23. The third kappa shape index (κ3) is 5.61. The lowest BCUT2D eigenvalue weighted by atomic mass is 9.95. The van der Waals surface area contributed by atoms with E-state index >= 15 is 0 Å². The van der Waals surface area contributed by atoms with Gasteiger partial charge < -0.3 is 19.7 Å². The zero-order valence-corrected chi connectivity index (χ0v) is 23.3. The zero-order chi connectivity index (χ0) is 27.4. The molecule has 1 N–H and O–H groups in total. The van der Waals surface area contributed by atoms with Gasteiger partial charge in [0, 0.05) is 34.7 Å². The van der Waals surface area contributed by atoms with E-state index in [2.05, 4.69) is 60.5 Å². The first kappa shape index (κ1) is 26.3. The van der Waals surface area contributed by atoms with Crippen molar-refractivity contribution in [1.29, 1.82) is 0 Å². The van der Waals surface area contributed by atoms with Gasteiger partial charge in [0.05, 0.1) is 19.7 Å². The van der Waals surface area contributed by atoms with Crippen LogP contribution in [-0.4, -0.2) is 37.3 Å². The maximum absolute atomic E-state index is 6.25. The molecule has 0 spiro atoms. The van der Waals surface area contributed by atoms with Crippen LogP contribution in [0, 0.1) is 0 Å². The Morgan fingerprint density at radius 2 is 1.38 bits per heavy atom. The number of aromatic nitrogens is 2. The van der Waals surface area contributed by atoms with Crippen LogP contribution in [-0.2, 0) is 0 Å². The van der Waals surface area contributed by atoms with Crippen LogP contribution < -0.4 is 19.7 Å². The predicted molar refractivity (Wildman–Crippen MR) is 162 cm³/mol. The summed E-state index contributed by atoms with van der Waals surface area (Å²) in [6.45, 7) is 5.89. The molecule has 0 aliphatic carbocycles. The fraction of sp³-hybridized carbons (Fsp3) is 0.188. The molecule has 0 radical (unpaired) electrons. The number of nitrogens with zero attached hydrogens (tertiary/aromatic N) is 3. The number of ether oxygens (including phenoxy) is 2. The maximum atomic E-state index is 6.25. The molecule has 0 atom stereocenters. The third-order valence-electron chi connectivity index (χ3n) is 6.75. The van der Waals surface area contributed by atoms with Gasteiger partial charge in [-0.15, -0.1) is 0 Å². The highest BCUT2D eigenvalue weighted by atomic mass is 35.5. The molecule has 198 valence electrons. The monoisotopic (exact) mass is 538 g/mol. The molecule has 6 nitrogen and oxygen atoms in total. The number of nitrogens with one attached hydrogen (secondary N) is 1. The Hall–Kier alpha value is -4.29. The molecule has 0 saturated carbocycles. The van der Waals surface area contributed by atoms with Crippen molar-refractivity contribution >= 4 is 40.0 Å². The molecule has 1 aromatic heterocycles. The number of fused-ring (bicyclic) bond motifs is 1. The van der Waals surface area contributed by atoms with Crippen LogP contribution >= 0.6 is 11.6 Å². The van der Waals surface area contributed by atoms with Crippen molar-refractivity contribution in [2.24, 2.45) is 0 Å². The van der Waals surface area contributed by atoms with Gasteiger partial charge in [0.25, 0.3) is 0 Å². The zero-order valence-electron chi connectivity index (χ0n) is 22.5. The number of methoxy groups -OCH3 is 2. The molecule has 7 heteroatoms. The molecule has 4 aromatic carbocycles. The van der Waals surface area contributed by atoms with E-state index in [0.717, 1.165) is 69.3 Å². The van der Waals surface area contributed by atoms with Crippen LogP contribution in [0.15, 0.2) is 84.9 Å². The maximum Gasteiger partial charge on any atom is 0.229 e. The van der Waals surface area contributed by atoms with E-state index in [-0.39, 0.29) is 0 Å². The number of anilines is 3. The topological polar surface area (TPSA) is 59.5 Å². The first-order valence-electron chi connectivity index (χ1n) is 12.9. The van der Waals surface area contributed by atoms with Gasteiger partial charge in [-0.05, 0) is 85.1 Å². The Morgan fingerprint density at radius 3 is 1.97 bits per heavy atom. The van der Waals surface area contributed by atoms with Gasteiger partial charge in [-0.2, -0.15) is 4.98 Å². The van der Waals surface area contributed by atoms with Gasteiger partial charge in [0.15, 0.2) is 0 Å². The SMILES string of the molecule is CCN(CC)c1nc(Nc2cccc(Cl)c2)nc2c(-c3ccc(OC)cc3)cc(-c3ccc(OC)cc3)cc12. The molecule has 0 saturated heterocycles. The first-order chi connectivity index (χ1) is 19.0. The summed E-state index contributed by atoms with van der Waals surface area (Å²) >= 11 is 6.25. The first-order valence-corrected chi connectivity index (χ1v) is 13.3. The summed E-state index contributed by atoms with van der Waals surface area (Å²) in [5.41, 5.74) is 5.88. The lowest BCUT2D eigenvalue weighted by molar-refractivity contribution is 0.415. The van der Waals surface area contributed by atoms with Crippen molar-refractivity contribution in [3.05, 3.63) is 90.0 Å². The molecule has 0 fully saturated rings.